The van der Waals surface area contributed by atoms with Gasteiger partial charge >= 0.3 is 0 Å². The van der Waals surface area contributed by atoms with Crippen molar-refractivity contribution in [1.82, 2.24) is 0 Å². The summed E-state index contributed by atoms with van der Waals surface area (Å²) in [7, 11) is 0. The lowest BCUT2D eigenvalue weighted by molar-refractivity contribution is 0.453. The van der Waals surface area contributed by atoms with E-state index in [1.807, 2.05) is 0 Å². The molecule has 0 spiro atoms. The van der Waals surface area contributed by atoms with Crippen LogP contribution in [0.15, 0.2) is 60.7 Å². The van der Waals surface area contributed by atoms with Crippen LogP contribution in [0.2, 0.25) is 0 Å². The molecular formula is C40H66S. The number of thioether (sulfide) groups is 1. The summed E-state index contributed by atoms with van der Waals surface area (Å²) in [6.07, 6.45) is 31.0. The highest BCUT2D eigenvalue weighted by Crippen LogP contribution is 2.27. The molecule has 2 aromatic rings. The van der Waals surface area contributed by atoms with Gasteiger partial charge in [0.2, 0.25) is 0 Å². The highest BCUT2D eigenvalue weighted by Gasteiger charge is 2.14. The first-order valence-electron chi connectivity index (χ1n) is 18.0. The van der Waals surface area contributed by atoms with Gasteiger partial charge in [0.1, 0.15) is 0 Å². The molecule has 0 saturated carbocycles. The Morgan fingerprint density at radius 2 is 0.756 bits per heavy atom. The van der Waals surface area contributed by atoms with Gasteiger partial charge < -0.3 is 0 Å². The summed E-state index contributed by atoms with van der Waals surface area (Å²) in [5, 5.41) is 0. The van der Waals surface area contributed by atoms with Crippen LogP contribution in [0, 0.1) is 11.8 Å². The summed E-state index contributed by atoms with van der Waals surface area (Å²) in [5.41, 5.74) is 3.04. The molecule has 41 heavy (non-hydrogen) atoms. The lowest BCUT2D eigenvalue weighted by Crippen LogP contribution is -2.11. The van der Waals surface area contributed by atoms with Crippen LogP contribution < -0.4 is 0 Å². The smallest absolute Gasteiger partial charge is 0.00389 e. The maximum atomic E-state index is 2.32. The molecule has 1 heteroatoms. The quantitative estimate of drug-likeness (QED) is 0.0905. The molecule has 2 rings (SSSR count). The van der Waals surface area contributed by atoms with E-state index in [0.717, 1.165) is 11.8 Å². The second-order valence-electron chi connectivity index (χ2n) is 12.8. The second kappa shape index (κ2) is 26.4. The summed E-state index contributed by atoms with van der Waals surface area (Å²) in [5.74, 6) is 4.47. The van der Waals surface area contributed by atoms with E-state index in [-0.39, 0.29) is 0 Å². The van der Waals surface area contributed by atoms with Crippen molar-refractivity contribution in [2.45, 2.75) is 155 Å². The van der Waals surface area contributed by atoms with Gasteiger partial charge in [-0.25, -0.2) is 0 Å². The van der Waals surface area contributed by atoms with Crippen LogP contribution in [-0.4, -0.2) is 11.5 Å². The molecule has 0 saturated heterocycles. The van der Waals surface area contributed by atoms with Crippen molar-refractivity contribution < 1.29 is 0 Å². The van der Waals surface area contributed by atoms with Gasteiger partial charge in [0.15, 0.2) is 0 Å². The minimum Gasteiger partial charge on any atom is -0.161 e. The summed E-state index contributed by atoms with van der Waals surface area (Å²) in [6.45, 7) is 4.63. The Hall–Kier alpha value is -1.21. The number of aryl methyl sites for hydroxylation is 2. The van der Waals surface area contributed by atoms with E-state index in [4.69, 9.17) is 0 Å². The van der Waals surface area contributed by atoms with Gasteiger partial charge in [-0.1, -0.05) is 177 Å². The van der Waals surface area contributed by atoms with Gasteiger partial charge in [-0.15, -0.1) is 0 Å². The van der Waals surface area contributed by atoms with Crippen molar-refractivity contribution in [3.8, 4) is 0 Å². The first kappa shape index (κ1) is 36.0. The SMILES string of the molecule is CCCCCCCCCC[C@@H](CCc1ccccc1)CSC[C@@H](CCCCCCCCCC)CCc1ccccc1. The Bertz CT molecular complexity index is 717. The molecule has 0 bridgehead atoms. The fraction of sp³-hybridized carbons (Fsp3) is 0.700. The van der Waals surface area contributed by atoms with E-state index in [1.54, 1.807) is 0 Å². The highest BCUT2D eigenvalue weighted by molar-refractivity contribution is 7.99. The fourth-order valence-corrected chi connectivity index (χ4v) is 7.66. The molecule has 2 atom stereocenters. The Kier molecular flexibility index (Phi) is 23.2. The minimum absolute atomic E-state index is 0.873. The van der Waals surface area contributed by atoms with Crippen LogP contribution in [-0.2, 0) is 12.8 Å². The van der Waals surface area contributed by atoms with Crippen LogP contribution in [0.25, 0.3) is 0 Å². The lowest BCUT2D eigenvalue weighted by atomic mass is 9.95. The standard InChI is InChI=1S/C40H66S/c1-3-5-7-9-11-13-15-19-29-39(33-31-37-25-21-17-22-26-37)35-41-36-40(34-32-38-27-23-18-24-28-38)30-20-16-14-12-10-8-6-4-2/h17-18,21-28,39-40H,3-16,19-20,29-36H2,1-2H3/t39-,40-/m0/s1. The fourth-order valence-electron chi connectivity index (χ4n) is 6.19. The molecule has 232 valence electrons. The molecule has 2 aromatic carbocycles. The topological polar surface area (TPSA) is 0 Å². The molecule has 0 nitrogen and oxygen atoms in total. The number of unbranched alkanes of at least 4 members (excludes halogenated alkanes) is 14. The minimum atomic E-state index is 0.873. The molecular weight excluding hydrogens is 513 g/mol. The third-order valence-electron chi connectivity index (χ3n) is 9.01. The van der Waals surface area contributed by atoms with Crippen molar-refractivity contribution >= 4 is 11.8 Å². The van der Waals surface area contributed by atoms with Gasteiger partial charge in [-0.2, -0.15) is 11.8 Å². The molecule has 0 aliphatic carbocycles. The Morgan fingerprint density at radius 3 is 1.12 bits per heavy atom. The van der Waals surface area contributed by atoms with Crippen LogP contribution in [0.4, 0.5) is 0 Å². The summed E-state index contributed by atoms with van der Waals surface area (Å²) in [4.78, 5) is 0. The number of hydrogen-bond acceptors (Lipinski definition) is 1. The largest absolute Gasteiger partial charge is 0.161 e. The molecule has 0 unspecified atom stereocenters. The third kappa shape index (κ3) is 20.4. The molecule has 0 aliphatic rings. The van der Waals surface area contributed by atoms with E-state index >= 15 is 0 Å². The summed E-state index contributed by atoms with van der Waals surface area (Å²) < 4.78 is 0. The van der Waals surface area contributed by atoms with Gasteiger partial charge in [-0.3, -0.25) is 0 Å². The second-order valence-corrected chi connectivity index (χ2v) is 13.9. The average Bonchev–Trinajstić information content (AvgIpc) is 3.01. The molecule has 0 N–H and O–H groups in total. The highest BCUT2D eigenvalue weighted by atomic mass is 32.2. The van der Waals surface area contributed by atoms with Crippen molar-refractivity contribution in [1.29, 1.82) is 0 Å². The molecule has 0 aromatic heterocycles. The molecule has 0 aliphatic heterocycles. The van der Waals surface area contributed by atoms with Crippen molar-refractivity contribution in [3.05, 3.63) is 71.8 Å². The molecule has 0 heterocycles. The monoisotopic (exact) mass is 578 g/mol. The van der Waals surface area contributed by atoms with Gasteiger partial charge in [0.25, 0.3) is 0 Å². The maximum absolute atomic E-state index is 2.32. The van der Waals surface area contributed by atoms with E-state index < -0.39 is 0 Å². The molecule has 0 radical (unpaired) electrons. The normalized spacial score (nSPS) is 12.9. The number of hydrogen-bond donors (Lipinski definition) is 0. The Balaban J connectivity index is 1.77. The van der Waals surface area contributed by atoms with Crippen LogP contribution in [0.1, 0.15) is 153 Å². The molecule has 0 amide bonds. The van der Waals surface area contributed by atoms with Crippen molar-refractivity contribution in [2.24, 2.45) is 11.8 Å². The third-order valence-corrected chi connectivity index (χ3v) is 10.4. The summed E-state index contributed by atoms with van der Waals surface area (Å²) >= 11 is 2.29. The number of benzene rings is 2. The molecule has 0 fully saturated rings. The van der Waals surface area contributed by atoms with Gasteiger partial charge in [-0.05, 0) is 73.0 Å². The number of rotatable bonds is 28. The van der Waals surface area contributed by atoms with Gasteiger partial charge in [0, 0.05) is 0 Å². The zero-order valence-corrected chi connectivity index (χ0v) is 28.1. The van der Waals surface area contributed by atoms with Crippen LogP contribution in [0.5, 0.6) is 0 Å². The van der Waals surface area contributed by atoms with Crippen LogP contribution >= 0.6 is 11.8 Å². The van der Waals surface area contributed by atoms with Crippen molar-refractivity contribution in [3.63, 3.8) is 0 Å². The van der Waals surface area contributed by atoms with E-state index in [2.05, 4.69) is 86.3 Å². The van der Waals surface area contributed by atoms with E-state index in [9.17, 15) is 0 Å². The van der Waals surface area contributed by atoms with Crippen molar-refractivity contribution in [2.75, 3.05) is 11.5 Å². The van der Waals surface area contributed by atoms with E-state index in [0.29, 0.717) is 0 Å². The van der Waals surface area contributed by atoms with Gasteiger partial charge in [0.05, 0.1) is 0 Å². The first-order chi connectivity index (χ1) is 20.3. The maximum Gasteiger partial charge on any atom is -0.00389 e. The lowest BCUT2D eigenvalue weighted by Gasteiger charge is -2.20. The predicted molar refractivity (Wildman–Crippen MR) is 188 cm³/mol. The predicted octanol–water partition coefficient (Wildman–Crippen LogP) is 13.3. The average molecular weight is 579 g/mol. The van der Waals surface area contributed by atoms with Crippen LogP contribution in [0.3, 0.4) is 0 Å². The zero-order valence-electron chi connectivity index (χ0n) is 27.3. The zero-order chi connectivity index (χ0) is 29.1. The van der Waals surface area contributed by atoms with E-state index in [1.165, 1.54) is 164 Å². The summed E-state index contributed by atoms with van der Waals surface area (Å²) in [6, 6.07) is 22.4. The Morgan fingerprint density at radius 1 is 0.415 bits per heavy atom. The Labute approximate surface area is 261 Å². The first-order valence-corrected chi connectivity index (χ1v) is 19.1.